The highest BCUT2D eigenvalue weighted by atomic mass is 35.5. The predicted molar refractivity (Wildman–Crippen MR) is 158 cm³/mol. The quantitative estimate of drug-likeness (QED) is 0.328. The number of anilines is 1. The molecule has 8 nitrogen and oxygen atoms in total. The van der Waals surface area contributed by atoms with E-state index < -0.39 is 40.0 Å². The van der Waals surface area contributed by atoms with Crippen molar-refractivity contribution in [1.82, 2.24) is 10.2 Å². The fraction of sp³-hybridized carbons (Fsp3) is 0.310. The van der Waals surface area contributed by atoms with E-state index in [0.717, 1.165) is 4.31 Å². The third kappa shape index (κ3) is 7.68. The highest BCUT2D eigenvalue weighted by Gasteiger charge is 2.34. The number of nitrogens with one attached hydrogen (secondary N) is 1. The number of para-hydroxylation sites is 2. The van der Waals surface area contributed by atoms with E-state index in [4.69, 9.17) is 27.9 Å². The molecule has 0 saturated carbocycles. The maximum atomic E-state index is 14.0. The summed E-state index contributed by atoms with van der Waals surface area (Å²) in [5.74, 6) is -0.729. The van der Waals surface area contributed by atoms with Gasteiger partial charge in [0.15, 0.2) is 0 Å². The van der Waals surface area contributed by atoms with Crippen LogP contribution in [0.25, 0.3) is 0 Å². The summed E-state index contributed by atoms with van der Waals surface area (Å²) in [6.07, 6.45) is 0. The van der Waals surface area contributed by atoms with E-state index in [1.54, 1.807) is 67.6 Å². The molecule has 0 saturated heterocycles. The summed E-state index contributed by atoms with van der Waals surface area (Å²) in [7, 11) is -2.79. The average Bonchev–Trinajstić information content (AvgIpc) is 2.91. The summed E-state index contributed by atoms with van der Waals surface area (Å²) in [6.45, 7) is 6.48. The molecule has 3 rings (SSSR count). The molecule has 1 atom stereocenters. The lowest BCUT2D eigenvalue weighted by Crippen LogP contribution is -2.54. The fourth-order valence-corrected chi connectivity index (χ4v) is 5.73. The average molecular weight is 607 g/mol. The van der Waals surface area contributed by atoms with Gasteiger partial charge in [0.1, 0.15) is 18.3 Å². The molecule has 214 valence electrons. The summed E-state index contributed by atoms with van der Waals surface area (Å²) < 4.78 is 34.2. The van der Waals surface area contributed by atoms with Gasteiger partial charge in [0.05, 0.1) is 27.7 Å². The van der Waals surface area contributed by atoms with Crippen LogP contribution in [0, 0.1) is 0 Å². The largest absolute Gasteiger partial charge is 0.495 e. The Morgan fingerprint density at radius 2 is 1.57 bits per heavy atom. The molecular weight excluding hydrogens is 573 g/mol. The zero-order chi connectivity index (χ0) is 29.7. The molecule has 0 radical (unpaired) electrons. The first-order valence-electron chi connectivity index (χ1n) is 12.5. The first kappa shape index (κ1) is 31.3. The maximum absolute atomic E-state index is 14.0. The van der Waals surface area contributed by atoms with Crippen LogP contribution in [0.4, 0.5) is 5.69 Å². The summed E-state index contributed by atoms with van der Waals surface area (Å²) >= 11 is 12.3. The van der Waals surface area contributed by atoms with Crippen LogP contribution in [0.3, 0.4) is 0 Å². The second-order valence-corrected chi connectivity index (χ2v) is 12.9. The van der Waals surface area contributed by atoms with Crippen molar-refractivity contribution in [3.8, 4) is 5.75 Å². The number of carbonyl (C=O) groups excluding carboxylic acids is 2. The van der Waals surface area contributed by atoms with Crippen LogP contribution in [-0.4, -0.2) is 50.4 Å². The normalized spacial score (nSPS) is 12.4. The second kappa shape index (κ2) is 12.9. The number of methoxy groups -OCH3 is 1. The summed E-state index contributed by atoms with van der Waals surface area (Å²) in [4.78, 5) is 28.5. The molecule has 0 unspecified atom stereocenters. The summed E-state index contributed by atoms with van der Waals surface area (Å²) in [6, 6.07) is 18.3. The minimum atomic E-state index is -4.21. The third-order valence-corrected chi connectivity index (χ3v) is 8.48. The van der Waals surface area contributed by atoms with Crippen LogP contribution in [-0.2, 0) is 26.2 Å². The van der Waals surface area contributed by atoms with Crippen molar-refractivity contribution in [3.63, 3.8) is 0 Å². The topological polar surface area (TPSA) is 96.0 Å². The first-order valence-corrected chi connectivity index (χ1v) is 14.7. The van der Waals surface area contributed by atoms with Crippen molar-refractivity contribution in [2.45, 2.75) is 50.7 Å². The van der Waals surface area contributed by atoms with E-state index in [9.17, 15) is 18.0 Å². The van der Waals surface area contributed by atoms with E-state index in [2.05, 4.69) is 5.32 Å². The number of amides is 2. The van der Waals surface area contributed by atoms with Crippen LogP contribution < -0.4 is 14.4 Å². The van der Waals surface area contributed by atoms with E-state index >= 15 is 0 Å². The zero-order valence-electron chi connectivity index (χ0n) is 23.0. The van der Waals surface area contributed by atoms with Crippen LogP contribution in [0.1, 0.15) is 33.3 Å². The van der Waals surface area contributed by atoms with Gasteiger partial charge in [0.25, 0.3) is 10.0 Å². The lowest BCUT2D eigenvalue weighted by Gasteiger charge is -2.33. The number of ether oxygens (including phenoxy) is 1. The van der Waals surface area contributed by atoms with Gasteiger partial charge >= 0.3 is 0 Å². The number of benzene rings is 3. The molecule has 2 amide bonds. The van der Waals surface area contributed by atoms with Crippen LogP contribution in [0.15, 0.2) is 77.7 Å². The Morgan fingerprint density at radius 1 is 0.950 bits per heavy atom. The molecular formula is C29H33Cl2N3O5S. The summed E-state index contributed by atoms with van der Waals surface area (Å²) in [5.41, 5.74) is 0.250. The highest BCUT2D eigenvalue weighted by molar-refractivity contribution is 7.92. The molecule has 0 heterocycles. The Balaban J connectivity index is 2.08. The van der Waals surface area contributed by atoms with Crippen LogP contribution >= 0.6 is 23.2 Å². The molecule has 0 aliphatic rings. The highest BCUT2D eigenvalue weighted by Crippen LogP contribution is 2.32. The molecule has 0 spiro atoms. The molecule has 0 bridgehead atoms. The lowest BCUT2D eigenvalue weighted by molar-refractivity contribution is -0.140. The molecule has 40 heavy (non-hydrogen) atoms. The van der Waals surface area contributed by atoms with Crippen LogP contribution in [0.5, 0.6) is 5.75 Å². The van der Waals surface area contributed by atoms with Crippen molar-refractivity contribution in [2.75, 3.05) is 18.0 Å². The summed E-state index contributed by atoms with van der Waals surface area (Å²) in [5, 5.41) is 3.53. The van der Waals surface area contributed by atoms with Crippen molar-refractivity contribution in [2.24, 2.45) is 0 Å². The van der Waals surface area contributed by atoms with Gasteiger partial charge < -0.3 is 15.0 Å². The number of hydrogen-bond acceptors (Lipinski definition) is 5. The number of nitrogens with zero attached hydrogens (tertiary/aromatic N) is 2. The standard InChI is InChI=1S/C29H33Cl2N3O5S/c1-20(28(36)32-29(2,3)4)33(18-21-15-16-23(30)24(31)17-21)27(35)19-34(25-13-9-10-14-26(25)39-5)40(37,38)22-11-7-6-8-12-22/h6-17,20H,18-19H2,1-5H3,(H,32,36)/t20-/m0/s1. The van der Waals surface area contributed by atoms with Gasteiger partial charge in [0, 0.05) is 12.1 Å². The van der Waals surface area contributed by atoms with Gasteiger partial charge in [-0.1, -0.05) is 59.6 Å². The van der Waals surface area contributed by atoms with Gasteiger partial charge in [-0.25, -0.2) is 8.42 Å². The Kier molecular flexibility index (Phi) is 10.1. The second-order valence-electron chi connectivity index (χ2n) is 10.2. The van der Waals surface area contributed by atoms with E-state index in [0.29, 0.717) is 15.6 Å². The van der Waals surface area contributed by atoms with Crippen molar-refractivity contribution in [3.05, 3.63) is 88.4 Å². The Hall–Kier alpha value is -3.27. The first-order chi connectivity index (χ1) is 18.7. The Morgan fingerprint density at radius 3 is 2.17 bits per heavy atom. The number of carbonyl (C=O) groups is 2. The molecule has 0 aliphatic heterocycles. The van der Waals surface area contributed by atoms with Gasteiger partial charge in [-0.05, 0) is 69.7 Å². The number of halogens is 2. The van der Waals surface area contributed by atoms with Gasteiger partial charge in [0.2, 0.25) is 11.8 Å². The van der Waals surface area contributed by atoms with Crippen molar-refractivity contribution < 1.29 is 22.7 Å². The zero-order valence-corrected chi connectivity index (χ0v) is 25.3. The van der Waals surface area contributed by atoms with Gasteiger partial charge in [-0.15, -0.1) is 0 Å². The maximum Gasteiger partial charge on any atom is 0.264 e. The Labute approximate surface area is 245 Å². The SMILES string of the molecule is COc1ccccc1N(CC(=O)N(Cc1ccc(Cl)c(Cl)c1)[C@@H](C)C(=O)NC(C)(C)C)S(=O)(=O)c1ccccc1. The van der Waals surface area contributed by atoms with E-state index in [1.807, 2.05) is 20.8 Å². The molecule has 3 aromatic carbocycles. The molecule has 3 aromatic rings. The monoisotopic (exact) mass is 605 g/mol. The fourth-order valence-electron chi connectivity index (χ4n) is 3.96. The van der Waals surface area contributed by atoms with Gasteiger partial charge in [-0.2, -0.15) is 0 Å². The van der Waals surface area contributed by atoms with E-state index in [-0.39, 0.29) is 22.9 Å². The predicted octanol–water partition coefficient (Wildman–Crippen LogP) is 5.53. The van der Waals surface area contributed by atoms with Crippen molar-refractivity contribution >= 4 is 50.7 Å². The van der Waals surface area contributed by atoms with Crippen molar-refractivity contribution in [1.29, 1.82) is 0 Å². The minimum absolute atomic E-state index is 0.00302. The molecule has 0 aromatic heterocycles. The molecule has 0 aliphatic carbocycles. The smallest absolute Gasteiger partial charge is 0.264 e. The Bertz CT molecular complexity index is 1460. The third-order valence-electron chi connectivity index (χ3n) is 5.97. The molecule has 1 N–H and O–H groups in total. The molecule has 0 fully saturated rings. The number of rotatable bonds is 10. The van der Waals surface area contributed by atoms with E-state index in [1.165, 1.54) is 24.1 Å². The minimum Gasteiger partial charge on any atom is -0.495 e. The lowest BCUT2D eigenvalue weighted by atomic mass is 10.1. The number of hydrogen-bond donors (Lipinski definition) is 1. The molecule has 11 heteroatoms. The van der Waals surface area contributed by atoms with Crippen LogP contribution in [0.2, 0.25) is 10.0 Å². The number of sulfonamides is 1. The van der Waals surface area contributed by atoms with Gasteiger partial charge in [-0.3, -0.25) is 13.9 Å².